The molecule has 0 unspecified atom stereocenters. The van der Waals surface area contributed by atoms with Crippen molar-refractivity contribution in [1.82, 2.24) is 10.3 Å². The van der Waals surface area contributed by atoms with E-state index in [0.29, 0.717) is 6.04 Å². The Bertz CT molecular complexity index is 479. The van der Waals surface area contributed by atoms with Crippen molar-refractivity contribution in [3.63, 3.8) is 0 Å². The molecular weight excluding hydrogens is 250 g/mol. The molecule has 0 aromatic carbocycles. The fourth-order valence-electron chi connectivity index (χ4n) is 2.08. The lowest BCUT2D eigenvalue weighted by molar-refractivity contribution is 0.574. The molecule has 1 aromatic heterocycles. The highest BCUT2D eigenvalue weighted by atomic mass is 32.2. The number of nitrogens with one attached hydrogen (secondary N) is 2. The second kappa shape index (κ2) is 5.67. The van der Waals surface area contributed by atoms with E-state index in [1.165, 1.54) is 25.3 Å². The highest BCUT2D eigenvalue weighted by Crippen LogP contribution is 2.12. The summed E-state index contributed by atoms with van der Waals surface area (Å²) in [6.07, 6.45) is 6.14. The minimum atomic E-state index is -3.15. The summed E-state index contributed by atoms with van der Waals surface area (Å²) in [7, 11) is -3.15. The van der Waals surface area contributed by atoms with Crippen LogP contribution in [0, 0.1) is 0 Å². The van der Waals surface area contributed by atoms with Gasteiger partial charge in [0, 0.05) is 25.0 Å². The van der Waals surface area contributed by atoms with Gasteiger partial charge in [-0.15, -0.1) is 0 Å². The van der Waals surface area contributed by atoms with Gasteiger partial charge in [-0.25, -0.2) is 13.4 Å². The van der Waals surface area contributed by atoms with Crippen LogP contribution in [0.4, 0.5) is 5.82 Å². The van der Waals surface area contributed by atoms with E-state index in [-0.39, 0.29) is 4.90 Å². The van der Waals surface area contributed by atoms with Gasteiger partial charge in [-0.05, 0) is 37.9 Å². The molecule has 1 saturated heterocycles. The summed E-state index contributed by atoms with van der Waals surface area (Å²) in [5.41, 5.74) is 0. The molecule has 18 heavy (non-hydrogen) atoms. The topological polar surface area (TPSA) is 71.1 Å². The highest BCUT2D eigenvalue weighted by Gasteiger charge is 2.13. The van der Waals surface area contributed by atoms with Gasteiger partial charge in [0.25, 0.3) is 0 Å². The Hall–Kier alpha value is -1.14. The number of sulfone groups is 1. The molecule has 1 atom stereocenters. The summed E-state index contributed by atoms with van der Waals surface area (Å²) in [6, 6.07) is 3.89. The first-order valence-electron chi connectivity index (χ1n) is 6.19. The first-order valence-corrected chi connectivity index (χ1v) is 8.08. The van der Waals surface area contributed by atoms with Crippen molar-refractivity contribution < 1.29 is 8.42 Å². The minimum absolute atomic E-state index is 0.255. The van der Waals surface area contributed by atoms with Gasteiger partial charge in [0.05, 0.1) is 4.90 Å². The Kier molecular flexibility index (Phi) is 4.19. The molecule has 0 bridgehead atoms. The molecule has 1 aliphatic rings. The van der Waals surface area contributed by atoms with Crippen LogP contribution >= 0.6 is 0 Å². The summed E-state index contributed by atoms with van der Waals surface area (Å²) in [5, 5.41) is 6.64. The monoisotopic (exact) mass is 269 g/mol. The lowest BCUT2D eigenvalue weighted by Crippen LogP contribution is -2.24. The van der Waals surface area contributed by atoms with Crippen LogP contribution in [-0.4, -0.2) is 38.8 Å². The standard InChI is InChI=1S/C12H19N3O2S/c1-18(16,17)11-4-5-12(15-9-11)14-8-6-10-3-2-7-13-10/h4-5,9-10,13H,2-3,6-8H2,1H3,(H,14,15)/t10-/m1/s1. The zero-order chi connectivity index (χ0) is 13.0. The lowest BCUT2D eigenvalue weighted by Gasteiger charge is -2.11. The fraction of sp³-hybridized carbons (Fsp3) is 0.583. The lowest BCUT2D eigenvalue weighted by atomic mass is 10.1. The van der Waals surface area contributed by atoms with Crippen LogP contribution in [0.5, 0.6) is 0 Å². The van der Waals surface area contributed by atoms with E-state index in [0.717, 1.165) is 25.3 Å². The number of anilines is 1. The number of aromatic nitrogens is 1. The third kappa shape index (κ3) is 3.68. The van der Waals surface area contributed by atoms with Gasteiger partial charge in [0.1, 0.15) is 5.82 Å². The van der Waals surface area contributed by atoms with E-state index in [1.807, 2.05) is 0 Å². The number of rotatable bonds is 5. The van der Waals surface area contributed by atoms with Crippen LogP contribution < -0.4 is 10.6 Å². The molecule has 1 aromatic rings. The zero-order valence-corrected chi connectivity index (χ0v) is 11.3. The van der Waals surface area contributed by atoms with Gasteiger partial charge in [0.2, 0.25) is 0 Å². The second-order valence-corrected chi connectivity index (χ2v) is 6.68. The summed E-state index contributed by atoms with van der Waals surface area (Å²) in [5.74, 6) is 0.723. The molecular formula is C12H19N3O2S. The van der Waals surface area contributed by atoms with Crippen LogP contribution in [0.15, 0.2) is 23.2 Å². The fourth-order valence-corrected chi connectivity index (χ4v) is 2.64. The Morgan fingerprint density at radius 1 is 1.50 bits per heavy atom. The molecule has 6 heteroatoms. The molecule has 0 aliphatic carbocycles. The maximum atomic E-state index is 11.3. The third-order valence-electron chi connectivity index (χ3n) is 3.13. The van der Waals surface area contributed by atoms with Crippen LogP contribution in [0.2, 0.25) is 0 Å². The van der Waals surface area contributed by atoms with Gasteiger partial charge in [-0.3, -0.25) is 0 Å². The molecule has 0 spiro atoms. The number of hydrogen-bond donors (Lipinski definition) is 2. The molecule has 100 valence electrons. The summed E-state index contributed by atoms with van der Waals surface area (Å²) in [4.78, 5) is 4.35. The van der Waals surface area contributed by atoms with Gasteiger partial charge in [0.15, 0.2) is 9.84 Å². The molecule has 2 N–H and O–H groups in total. The largest absolute Gasteiger partial charge is 0.370 e. The van der Waals surface area contributed by atoms with E-state index in [1.54, 1.807) is 12.1 Å². The van der Waals surface area contributed by atoms with E-state index >= 15 is 0 Å². The van der Waals surface area contributed by atoms with Crippen LogP contribution in [0.25, 0.3) is 0 Å². The van der Waals surface area contributed by atoms with Gasteiger partial charge in [-0.1, -0.05) is 0 Å². The summed E-state index contributed by atoms with van der Waals surface area (Å²) >= 11 is 0. The van der Waals surface area contributed by atoms with Gasteiger partial charge >= 0.3 is 0 Å². The van der Waals surface area contributed by atoms with Crippen LogP contribution in [0.1, 0.15) is 19.3 Å². The predicted molar refractivity (Wildman–Crippen MR) is 71.5 cm³/mol. The second-order valence-electron chi connectivity index (χ2n) is 4.66. The zero-order valence-electron chi connectivity index (χ0n) is 10.5. The van der Waals surface area contributed by atoms with Crippen LogP contribution in [-0.2, 0) is 9.84 Å². The van der Waals surface area contributed by atoms with Crippen molar-refractivity contribution in [3.05, 3.63) is 18.3 Å². The first kappa shape index (κ1) is 13.3. The number of pyridine rings is 1. The Morgan fingerprint density at radius 3 is 2.89 bits per heavy atom. The molecule has 5 nitrogen and oxygen atoms in total. The predicted octanol–water partition coefficient (Wildman–Crippen LogP) is 1.04. The Balaban J connectivity index is 1.83. The van der Waals surface area contributed by atoms with Gasteiger partial charge < -0.3 is 10.6 Å². The summed E-state index contributed by atoms with van der Waals surface area (Å²) < 4.78 is 22.5. The van der Waals surface area contributed by atoms with E-state index in [9.17, 15) is 8.42 Å². The van der Waals surface area contributed by atoms with E-state index in [4.69, 9.17) is 0 Å². The van der Waals surface area contributed by atoms with Crippen molar-refractivity contribution in [2.75, 3.05) is 24.7 Å². The van der Waals surface area contributed by atoms with Crippen molar-refractivity contribution in [2.24, 2.45) is 0 Å². The average molecular weight is 269 g/mol. The van der Waals surface area contributed by atoms with Crippen molar-refractivity contribution in [2.45, 2.75) is 30.2 Å². The molecule has 0 radical (unpaired) electrons. The maximum Gasteiger partial charge on any atom is 0.177 e. The van der Waals surface area contributed by atoms with E-state index in [2.05, 4.69) is 15.6 Å². The molecule has 2 heterocycles. The molecule has 1 aliphatic heterocycles. The van der Waals surface area contributed by atoms with Crippen LogP contribution in [0.3, 0.4) is 0 Å². The number of nitrogens with zero attached hydrogens (tertiary/aromatic N) is 1. The molecule has 0 amide bonds. The molecule has 1 fully saturated rings. The quantitative estimate of drug-likeness (QED) is 0.835. The van der Waals surface area contributed by atoms with E-state index < -0.39 is 9.84 Å². The highest BCUT2D eigenvalue weighted by molar-refractivity contribution is 7.90. The average Bonchev–Trinajstić information content (AvgIpc) is 2.82. The van der Waals surface area contributed by atoms with Crippen molar-refractivity contribution in [1.29, 1.82) is 0 Å². The van der Waals surface area contributed by atoms with Crippen molar-refractivity contribution in [3.8, 4) is 0 Å². The van der Waals surface area contributed by atoms with Crippen molar-refractivity contribution >= 4 is 15.7 Å². The third-order valence-corrected chi connectivity index (χ3v) is 4.22. The summed E-state index contributed by atoms with van der Waals surface area (Å²) in [6.45, 7) is 1.97. The molecule has 2 rings (SSSR count). The Morgan fingerprint density at radius 2 is 2.33 bits per heavy atom. The smallest absolute Gasteiger partial charge is 0.177 e. The minimum Gasteiger partial charge on any atom is -0.370 e. The van der Waals surface area contributed by atoms with Gasteiger partial charge in [-0.2, -0.15) is 0 Å². The first-order chi connectivity index (χ1) is 8.55. The maximum absolute atomic E-state index is 11.3. The normalized spacial score (nSPS) is 19.9. The Labute approximate surface area is 108 Å². The molecule has 0 saturated carbocycles. The number of hydrogen-bond acceptors (Lipinski definition) is 5. The SMILES string of the molecule is CS(=O)(=O)c1ccc(NCC[C@H]2CCCN2)nc1.